The molecule has 0 aliphatic heterocycles. The van der Waals surface area contributed by atoms with E-state index < -0.39 is 23.0 Å². The summed E-state index contributed by atoms with van der Waals surface area (Å²) >= 11 is 3.44. The van der Waals surface area contributed by atoms with Crippen molar-refractivity contribution in [2.75, 3.05) is 5.88 Å². The van der Waals surface area contributed by atoms with Gasteiger partial charge in [-0.25, -0.2) is 0 Å². The zero-order chi connectivity index (χ0) is 14.3. The number of carbonyl (C=O) groups is 1. The Bertz CT molecular complexity index is 433. The van der Waals surface area contributed by atoms with Crippen LogP contribution in [0.5, 0.6) is 0 Å². The van der Waals surface area contributed by atoms with Crippen LogP contribution in [-0.4, -0.2) is 25.7 Å². The van der Waals surface area contributed by atoms with Crippen molar-refractivity contribution in [1.82, 2.24) is 0 Å². The first-order chi connectivity index (χ1) is 9.04. The Balaban J connectivity index is 2.73. The van der Waals surface area contributed by atoms with Gasteiger partial charge in [0.25, 0.3) is 0 Å². The summed E-state index contributed by atoms with van der Waals surface area (Å²) in [6, 6.07) is 6.68. The van der Waals surface area contributed by atoms with E-state index >= 15 is 0 Å². The van der Waals surface area contributed by atoms with E-state index in [9.17, 15) is 18.7 Å². The van der Waals surface area contributed by atoms with Crippen LogP contribution in [0.1, 0.15) is 36.3 Å². The van der Waals surface area contributed by atoms with Crippen molar-refractivity contribution in [3.05, 3.63) is 35.4 Å². The molecule has 2 atom stereocenters. The minimum atomic E-state index is -2.13. The van der Waals surface area contributed by atoms with Gasteiger partial charge in [0.2, 0.25) is 0 Å². The van der Waals surface area contributed by atoms with Crippen LogP contribution < -0.4 is 0 Å². The molecule has 1 rings (SSSR count). The largest absolute Gasteiger partial charge is 0.772 e. The van der Waals surface area contributed by atoms with Crippen molar-refractivity contribution < 1.29 is 18.7 Å². The van der Waals surface area contributed by atoms with Crippen LogP contribution in [0.25, 0.3) is 0 Å². The van der Waals surface area contributed by atoms with Gasteiger partial charge in [-0.15, -0.1) is 11.6 Å². The second-order valence-electron chi connectivity index (χ2n) is 4.27. The Kier molecular flexibility index (Phi) is 7.05. The first-order valence-corrected chi connectivity index (χ1v) is 7.76. The summed E-state index contributed by atoms with van der Waals surface area (Å²) in [6.45, 7) is 0. The zero-order valence-electron chi connectivity index (χ0n) is 10.4. The number of halogens is 1. The van der Waals surface area contributed by atoms with Crippen molar-refractivity contribution in [3.8, 4) is 0 Å². The highest BCUT2D eigenvalue weighted by atomic mass is 35.5. The number of unbranched alkanes of at least 4 members (excludes halogenated alkanes) is 1. The molecule has 0 aromatic heterocycles. The number of hydrogen-bond donors (Lipinski definition) is 1. The van der Waals surface area contributed by atoms with Crippen LogP contribution in [0.4, 0.5) is 0 Å². The van der Waals surface area contributed by atoms with Gasteiger partial charge in [-0.1, -0.05) is 41.8 Å². The highest BCUT2D eigenvalue weighted by Gasteiger charge is 2.18. The van der Waals surface area contributed by atoms with E-state index in [0.29, 0.717) is 23.4 Å². The van der Waals surface area contributed by atoms with Crippen molar-refractivity contribution in [1.29, 1.82) is 0 Å². The molecule has 1 aromatic rings. The number of rotatable bonds is 8. The average Bonchev–Trinajstić information content (AvgIpc) is 2.35. The number of benzene rings is 1. The molecular weight excluding hydrogens is 288 g/mol. The van der Waals surface area contributed by atoms with Crippen LogP contribution in [0.3, 0.4) is 0 Å². The fraction of sp³-hybridized carbons (Fsp3) is 0.462. The average molecular weight is 304 g/mol. The molecule has 0 saturated carbocycles. The summed E-state index contributed by atoms with van der Waals surface area (Å²) in [5.41, 5.74) is 1.35. The van der Waals surface area contributed by atoms with Gasteiger partial charge in [0.1, 0.15) is 0 Å². The van der Waals surface area contributed by atoms with Crippen molar-refractivity contribution >= 4 is 28.7 Å². The molecule has 2 unspecified atom stereocenters. The molecule has 0 amide bonds. The third-order valence-corrected chi connectivity index (χ3v) is 3.68. The Labute approximate surface area is 120 Å². The first-order valence-electron chi connectivity index (χ1n) is 5.98. The van der Waals surface area contributed by atoms with E-state index in [1.165, 1.54) is 0 Å². The molecule has 0 aliphatic carbocycles. The van der Waals surface area contributed by atoms with E-state index in [-0.39, 0.29) is 5.75 Å². The summed E-state index contributed by atoms with van der Waals surface area (Å²) in [4.78, 5) is 11.2. The second-order valence-corrected chi connectivity index (χ2v) is 5.54. The van der Waals surface area contributed by atoms with Crippen molar-refractivity contribution in [3.63, 3.8) is 0 Å². The Hall–Kier alpha value is -0.910. The summed E-state index contributed by atoms with van der Waals surface area (Å²) < 4.78 is 21.1. The highest BCUT2D eigenvalue weighted by molar-refractivity contribution is 7.78. The van der Waals surface area contributed by atoms with Crippen molar-refractivity contribution in [2.45, 2.75) is 30.9 Å². The van der Waals surface area contributed by atoms with Crippen molar-refractivity contribution in [2.24, 2.45) is 0 Å². The zero-order valence-corrected chi connectivity index (χ0v) is 12.0. The third kappa shape index (κ3) is 5.72. The fourth-order valence-corrected chi connectivity index (χ4v) is 2.51. The summed E-state index contributed by atoms with van der Waals surface area (Å²) in [6.07, 6.45) is 2.08. The third-order valence-electron chi connectivity index (χ3n) is 2.84. The van der Waals surface area contributed by atoms with Crippen LogP contribution in [-0.2, 0) is 21.6 Å². The molecule has 0 saturated heterocycles. The molecule has 6 heteroatoms. The minimum Gasteiger partial charge on any atom is -0.772 e. The summed E-state index contributed by atoms with van der Waals surface area (Å²) in [5.74, 6) is -0.949. The van der Waals surface area contributed by atoms with Gasteiger partial charge < -0.3 is 9.66 Å². The highest BCUT2D eigenvalue weighted by Crippen LogP contribution is 2.23. The van der Waals surface area contributed by atoms with E-state index in [1.54, 1.807) is 24.3 Å². The maximum atomic E-state index is 11.2. The molecule has 0 aliphatic rings. The molecule has 106 valence electrons. The monoisotopic (exact) mass is 303 g/mol. The standard InChI is InChI=1S/C13H17ClO4S/c14-8-2-1-3-12(13(15)16)11-6-4-10(5-7-11)9-19(17)18/h4-7,12H,1-3,8-9H2,(H,15,16)(H,17,18)/p-1. The number of alkyl halides is 1. The van der Waals surface area contributed by atoms with Gasteiger partial charge in [-0.05, 0) is 24.0 Å². The Morgan fingerprint density at radius 2 is 1.95 bits per heavy atom. The normalized spacial score (nSPS) is 14.0. The smallest absolute Gasteiger partial charge is 0.310 e. The van der Waals surface area contributed by atoms with E-state index in [2.05, 4.69) is 0 Å². The van der Waals surface area contributed by atoms with Gasteiger partial charge in [0.05, 0.1) is 5.92 Å². The molecule has 0 radical (unpaired) electrons. The van der Waals surface area contributed by atoms with Crippen LogP contribution in [0.2, 0.25) is 0 Å². The number of hydrogen-bond acceptors (Lipinski definition) is 3. The molecule has 1 N–H and O–H groups in total. The molecule has 19 heavy (non-hydrogen) atoms. The number of carboxylic acids is 1. The quantitative estimate of drug-likeness (QED) is 0.455. The number of carboxylic acid groups (broad SMARTS) is 1. The minimum absolute atomic E-state index is 0.0513. The maximum Gasteiger partial charge on any atom is 0.310 e. The lowest BCUT2D eigenvalue weighted by Crippen LogP contribution is -2.11. The molecular formula is C13H16ClO4S-. The van der Waals surface area contributed by atoms with Gasteiger partial charge in [0.15, 0.2) is 0 Å². The molecule has 0 bridgehead atoms. The van der Waals surface area contributed by atoms with Crippen LogP contribution >= 0.6 is 11.6 Å². The van der Waals surface area contributed by atoms with E-state index in [1.807, 2.05) is 0 Å². The molecule has 4 nitrogen and oxygen atoms in total. The number of aliphatic carboxylic acids is 1. The molecule has 0 spiro atoms. The lowest BCUT2D eigenvalue weighted by molar-refractivity contribution is -0.139. The van der Waals surface area contributed by atoms with Gasteiger partial charge in [0, 0.05) is 11.6 Å². The molecule has 0 fully saturated rings. The lowest BCUT2D eigenvalue weighted by atomic mass is 9.93. The van der Waals surface area contributed by atoms with Crippen LogP contribution in [0, 0.1) is 0 Å². The topological polar surface area (TPSA) is 77.4 Å². The van der Waals surface area contributed by atoms with E-state index in [0.717, 1.165) is 12.8 Å². The van der Waals surface area contributed by atoms with Gasteiger partial charge in [-0.2, -0.15) is 0 Å². The Morgan fingerprint density at radius 1 is 1.32 bits per heavy atom. The SMILES string of the molecule is O=C(O)C(CCCCCl)c1ccc(CS(=O)[O-])cc1. The summed E-state index contributed by atoms with van der Waals surface area (Å²) in [7, 11) is 0. The fourth-order valence-electron chi connectivity index (χ4n) is 1.86. The predicted octanol–water partition coefficient (Wildman–Crippen LogP) is 2.64. The second kappa shape index (κ2) is 8.30. The molecule has 1 aromatic carbocycles. The van der Waals surface area contributed by atoms with Gasteiger partial charge in [-0.3, -0.25) is 9.00 Å². The van der Waals surface area contributed by atoms with E-state index in [4.69, 9.17) is 11.6 Å². The maximum absolute atomic E-state index is 11.2. The first kappa shape index (κ1) is 16.1. The van der Waals surface area contributed by atoms with Crippen LogP contribution in [0.15, 0.2) is 24.3 Å². The predicted molar refractivity (Wildman–Crippen MR) is 74.0 cm³/mol. The lowest BCUT2D eigenvalue weighted by Gasteiger charge is -2.13. The summed E-state index contributed by atoms with van der Waals surface area (Å²) in [5, 5.41) is 9.21. The molecule has 0 heterocycles. The van der Waals surface area contributed by atoms with Gasteiger partial charge >= 0.3 is 5.97 Å². The Morgan fingerprint density at radius 3 is 2.42 bits per heavy atom.